The first-order valence-electron chi connectivity index (χ1n) is 4.59. The van der Waals surface area contributed by atoms with Crippen molar-refractivity contribution in [2.75, 3.05) is 6.61 Å². The highest BCUT2D eigenvalue weighted by molar-refractivity contribution is 5.91. The lowest BCUT2D eigenvalue weighted by Gasteiger charge is -2.09. The summed E-state index contributed by atoms with van der Waals surface area (Å²) in [6, 6.07) is 1.09. The van der Waals surface area contributed by atoms with Crippen molar-refractivity contribution in [2.45, 2.75) is 20.3 Å². The minimum absolute atomic E-state index is 0.0322. The Morgan fingerprint density at radius 1 is 1.56 bits per heavy atom. The Morgan fingerprint density at radius 3 is 2.69 bits per heavy atom. The molecule has 0 amide bonds. The molecule has 3 nitrogen and oxygen atoms in total. The highest BCUT2D eigenvalue weighted by Gasteiger charge is 2.25. The number of esters is 1. The van der Waals surface area contributed by atoms with Crippen molar-refractivity contribution in [3.05, 3.63) is 28.8 Å². The molecule has 0 bridgehead atoms. The van der Waals surface area contributed by atoms with Gasteiger partial charge in [-0.25, -0.2) is 18.6 Å². The number of nitrogens with zero attached hydrogens (tertiary/aromatic N) is 1. The fraction of sp³-hybridized carbons (Fsp3) is 0.400. The molecule has 0 saturated carbocycles. The average Bonchev–Trinajstić information content (AvgIpc) is 2.15. The van der Waals surface area contributed by atoms with E-state index in [1.165, 1.54) is 13.8 Å². The van der Waals surface area contributed by atoms with E-state index in [0.717, 1.165) is 6.07 Å². The maximum atomic E-state index is 13.2. The molecule has 16 heavy (non-hydrogen) atoms. The Bertz CT molecular complexity index is 407. The molecule has 6 heteroatoms. The number of hydrogen-bond acceptors (Lipinski definition) is 3. The SMILES string of the molecule is CCOC(=O)c1cc(C)nc(F)c1C(F)F. The van der Waals surface area contributed by atoms with Crippen molar-refractivity contribution in [2.24, 2.45) is 0 Å². The van der Waals surface area contributed by atoms with E-state index in [1.807, 2.05) is 0 Å². The minimum Gasteiger partial charge on any atom is -0.462 e. The molecule has 0 saturated heterocycles. The van der Waals surface area contributed by atoms with Crippen LogP contribution < -0.4 is 0 Å². The van der Waals surface area contributed by atoms with Gasteiger partial charge >= 0.3 is 5.97 Å². The van der Waals surface area contributed by atoms with E-state index < -0.39 is 29.5 Å². The van der Waals surface area contributed by atoms with Crippen LogP contribution in [0, 0.1) is 12.9 Å². The van der Waals surface area contributed by atoms with Crippen LogP contribution in [0.3, 0.4) is 0 Å². The Morgan fingerprint density at radius 2 is 2.19 bits per heavy atom. The van der Waals surface area contributed by atoms with Crippen LogP contribution in [0.4, 0.5) is 13.2 Å². The molecular formula is C10H10F3NO2. The molecule has 0 radical (unpaired) electrons. The molecule has 0 aliphatic rings. The van der Waals surface area contributed by atoms with Gasteiger partial charge in [0.1, 0.15) is 0 Å². The zero-order chi connectivity index (χ0) is 12.3. The van der Waals surface area contributed by atoms with Crippen LogP contribution in [0.2, 0.25) is 0 Å². The second-order valence-electron chi connectivity index (χ2n) is 3.04. The summed E-state index contributed by atoms with van der Waals surface area (Å²) in [5.74, 6) is -2.31. The quantitative estimate of drug-likeness (QED) is 0.595. The molecule has 0 fully saturated rings. The molecular weight excluding hydrogens is 223 g/mol. The van der Waals surface area contributed by atoms with Gasteiger partial charge in [0, 0.05) is 5.69 Å². The van der Waals surface area contributed by atoms with Crippen LogP contribution in [0.5, 0.6) is 0 Å². The van der Waals surface area contributed by atoms with Gasteiger partial charge in [-0.3, -0.25) is 0 Å². The van der Waals surface area contributed by atoms with Crippen molar-refractivity contribution in [3.8, 4) is 0 Å². The van der Waals surface area contributed by atoms with Crippen molar-refractivity contribution in [1.29, 1.82) is 0 Å². The zero-order valence-electron chi connectivity index (χ0n) is 8.76. The first-order valence-corrected chi connectivity index (χ1v) is 4.59. The second kappa shape index (κ2) is 4.96. The van der Waals surface area contributed by atoms with Crippen molar-refractivity contribution in [3.63, 3.8) is 0 Å². The van der Waals surface area contributed by atoms with Crippen LogP contribution in [0.25, 0.3) is 0 Å². The van der Waals surface area contributed by atoms with E-state index in [1.54, 1.807) is 0 Å². The number of aromatic nitrogens is 1. The van der Waals surface area contributed by atoms with E-state index in [0.29, 0.717) is 0 Å². The minimum atomic E-state index is -3.10. The maximum absolute atomic E-state index is 13.2. The first-order chi connectivity index (χ1) is 7.47. The van der Waals surface area contributed by atoms with Gasteiger partial charge in [-0.05, 0) is 19.9 Å². The summed E-state index contributed by atoms with van der Waals surface area (Å²) in [5, 5.41) is 0. The third-order valence-corrected chi connectivity index (χ3v) is 1.85. The lowest BCUT2D eigenvalue weighted by Crippen LogP contribution is -2.12. The predicted octanol–water partition coefficient (Wildman–Crippen LogP) is 2.64. The normalized spacial score (nSPS) is 10.6. The Hall–Kier alpha value is -1.59. The molecule has 1 aromatic heterocycles. The smallest absolute Gasteiger partial charge is 0.338 e. The molecule has 0 atom stereocenters. The van der Waals surface area contributed by atoms with E-state index in [4.69, 9.17) is 0 Å². The van der Waals surface area contributed by atoms with E-state index >= 15 is 0 Å². The third-order valence-electron chi connectivity index (χ3n) is 1.85. The summed E-state index contributed by atoms with van der Waals surface area (Å²) in [5.41, 5.74) is -1.34. The van der Waals surface area contributed by atoms with Crippen LogP contribution in [-0.2, 0) is 4.74 Å². The third kappa shape index (κ3) is 2.50. The summed E-state index contributed by atoms with van der Waals surface area (Å²) in [6.07, 6.45) is -3.10. The van der Waals surface area contributed by atoms with Gasteiger partial charge in [0.05, 0.1) is 17.7 Å². The monoisotopic (exact) mass is 233 g/mol. The highest BCUT2D eigenvalue weighted by atomic mass is 19.3. The molecule has 1 heterocycles. The second-order valence-corrected chi connectivity index (χ2v) is 3.04. The molecule has 0 unspecified atom stereocenters. The number of carbonyl (C=O) groups is 1. The summed E-state index contributed by atoms with van der Waals surface area (Å²) < 4.78 is 42.8. The number of halogens is 3. The topological polar surface area (TPSA) is 39.2 Å². The molecule has 0 aromatic carbocycles. The summed E-state index contributed by atoms with van der Waals surface area (Å²) in [6.45, 7) is 2.97. The number of alkyl halides is 2. The van der Waals surface area contributed by atoms with E-state index in [-0.39, 0.29) is 12.3 Å². The van der Waals surface area contributed by atoms with Crippen LogP contribution in [0.1, 0.15) is 35.0 Å². The molecule has 88 valence electrons. The van der Waals surface area contributed by atoms with Gasteiger partial charge in [-0.1, -0.05) is 0 Å². The lowest BCUT2D eigenvalue weighted by molar-refractivity contribution is 0.0512. The van der Waals surface area contributed by atoms with Gasteiger partial charge in [0.15, 0.2) is 0 Å². The molecule has 0 spiro atoms. The Labute approximate surface area is 90.2 Å². The predicted molar refractivity (Wildman–Crippen MR) is 49.8 cm³/mol. The van der Waals surface area contributed by atoms with Crippen LogP contribution in [0.15, 0.2) is 6.07 Å². The van der Waals surface area contributed by atoms with Crippen LogP contribution >= 0.6 is 0 Å². The van der Waals surface area contributed by atoms with Crippen LogP contribution in [-0.4, -0.2) is 17.6 Å². The number of hydrogen-bond donors (Lipinski definition) is 0. The van der Waals surface area contributed by atoms with Gasteiger partial charge in [-0.2, -0.15) is 4.39 Å². The first kappa shape index (κ1) is 12.5. The Balaban J connectivity index is 3.29. The fourth-order valence-corrected chi connectivity index (χ4v) is 1.23. The molecule has 0 N–H and O–H groups in total. The summed E-state index contributed by atoms with van der Waals surface area (Å²) >= 11 is 0. The number of aryl methyl sites for hydroxylation is 1. The summed E-state index contributed by atoms with van der Waals surface area (Å²) in [4.78, 5) is 14.6. The van der Waals surface area contributed by atoms with Gasteiger partial charge < -0.3 is 4.74 Å². The number of pyridine rings is 1. The zero-order valence-corrected chi connectivity index (χ0v) is 8.76. The van der Waals surface area contributed by atoms with Crippen molar-refractivity contribution >= 4 is 5.97 Å². The summed E-state index contributed by atoms with van der Waals surface area (Å²) in [7, 11) is 0. The largest absolute Gasteiger partial charge is 0.462 e. The highest BCUT2D eigenvalue weighted by Crippen LogP contribution is 2.26. The fourth-order valence-electron chi connectivity index (χ4n) is 1.23. The molecule has 1 rings (SSSR count). The molecule has 1 aromatic rings. The van der Waals surface area contributed by atoms with Gasteiger partial charge in [0.2, 0.25) is 5.95 Å². The van der Waals surface area contributed by atoms with Gasteiger partial charge in [0.25, 0.3) is 6.43 Å². The van der Waals surface area contributed by atoms with Crippen molar-refractivity contribution in [1.82, 2.24) is 4.98 Å². The maximum Gasteiger partial charge on any atom is 0.338 e. The lowest BCUT2D eigenvalue weighted by atomic mass is 10.1. The van der Waals surface area contributed by atoms with E-state index in [2.05, 4.69) is 9.72 Å². The number of carbonyl (C=O) groups excluding carboxylic acids is 1. The van der Waals surface area contributed by atoms with E-state index in [9.17, 15) is 18.0 Å². The molecule has 0 aliphatic carbocycles. The Kier molecular flexibility index (Phi) is 3.87. The van der Waals surface area contributed by atoms with Crippen molar-refractivity contribution < 1.29 is 22.7 Å². The standard InChI is InChI=1S/C10H10F3NO2/c1-3-16-10(15)6-4-5(2)14-9(13)7(6)8(11)12/h4,8H,3H2,1-2H3. The number of ether oxygens (including phenoxy) is 1. The van der Waals surface area contributed by atoms with Gasteiger partial charge in [-0.15, -0.1) is 0 Å². The number of rotatable bonds is 3. The average molecular weight is 233 g/mol. The molecule has 0 aliphatic heterocycles.